The number of carbonyl (C=O) groups is 1. The molecule has 0 aliphatic carbocycles. The number of aryl methyl sites for hydroxylation is 1. The second kappa shape index (κ2) is 5.46. The predicted molar refractivity (Wildman–Crippen MR) is 58.7 cm³/mol. The van der Waals surface area contributed by atoms with Crippen LogP contribution in [0.3, 0.4) is 0 Å². The van der Waals surface area contributed by atoms with E-state index in [0.717, 1.165) is 5.56 Å². The van der Waals surface area contributed by atoms with Gasteiger partial charge >= 0.3 is 5.97 Å². The first-order chi connectivity index (χ1) is 7.13. The first-order valence-corrected chi connectivity index (χ1v) is 5.58. The molecule has 3 nitrogen and oxygen atoms in total. The van der Waals surface area contributed by atoms with Crippen LogP contribution >= 0.6 is 0 Å². The molecule has 0 spiro atoms. The number of ether oxygens (including phenoxy) is 1. The van der Waals surface area contributed by atoms with E-state index in [1.54, 1.807) is 6.07 Å². The normalized spacial score (nSPS) is 12.7. The molecule has 4 heteroatoms. The van der Waals surface area contributed by atoms with Gasteiger partial charge in [0.25, 0.3) is 0 Å². The fraction of sp³-hybridized carbons (Fsp3) is 0.182. The Morgan fingerprint density at radius 2 is 2.20 bits per heavy atom. The fourth-order valence-corrected chi connectivity index (χ4v) is 1.91. The maximum absolute atomic E-state index is 11.6. The molecule has 1 unspecified atom stereocenters. The van der Waals surface area contributed by atoms with Crippen LogP contribution in [0.1, 0.15) is 5.56 Å². The lowest BCUT2D eigenvalue weighted by molar-refractivity contribution is -0.134. The SMILES string of the molecule is COC(=O)/C=C/S(=O)c1cccc(C)c1. The Labute approximate surface area is 91.2 Å². The van der Waals surface area contributed by atoms with E-state index in [-0.39, 0.29) is 0 Å². The first kappa shape index (κ1) is 11.7. The standard InChI is InChI=1S/C11H12O3S/c1-9-4-3-5-10(8-9)15(13)7-6-11(12)14-2/h3-8H,1-2H3/b7-6+. The molecular formula is C11H12O3S. The molecule has 1 aromatic carbocycles. The van der Waals surface area contributed by atoms with Gasteiger partial charge in [0, 0.05) is 16.4 Å². The molecule has 15 heavy (non-hydrogen) atoms. The van der Waals surface area contributed by atoms with Crippen molar-refractivity contribution in [3.05, 3.63) is 41.3 Å². The monoisotopic (exact) mass is 224 g/mol. The van der Waals surface area contributed by atoms with Gasteiger partial charge in [-0.1, -0.05) is 12.1 Å². The maximum Gasteiger partial charge on any atom is 0.331 e. The van der Waals surface area contributed by atoms with Gasteiger partial charge in [-0.25, -0.2) is 9.00 Å². The number of methoxy groups -OCH3 is 1. The van der Waals surface area contributed by atoms with Gasteiger partial charge in [-0.05, 0) is 24.6 Å². The lowest BCUT2D eigenvalue weighted by Crippen LogP contribution is -1.95. The molecule has 80 valence electrons. The van der Waals surface area contributed by atoms with Crippen molar-refractivity contribution < 1.29 is 13.7 Å². The number of hydrogen-bond acceptors (Lipinski definition) is 3. The molecular weight excluding hydrogens is 212 g/mol. The van der Waals surface area contributed by atoms with E-state index < -0.39 is 16.8 Å². The molecule has 1 rings (SSSR count). The van der Waals surface area contributed by atoms with E-state index in [1.165, 1.54) is 18.6 Å². The van der Waals surface area contributed by atoms with Gasteiger partial charge in [-0.2, -0.15) is 0 Å². The lowest BCUT2D eigenvalue weighted by Gasteiger charge is -1.97. The van der Waals surface area contributed by atoms with Crippen molar-refractivity contribution in [2.75, 3.05) is 7.11 Å². The van der Waals surface area contributed by atoms with Crippen molar-refractivity contribution in [2.24, 2.45) is 0 Å². The average molecular weight is 224 g/mol. The number of esters is 1. The highest BCUT2D eigenvalue weighted by atomic mass is 32.2. The Hall–Kier alpha value is -1.42. The number of benzene rings is 1. The Kier molecular flexibility index (Phi) is 4.24. The molecule has 0 radical (unpaired) electrons. The third-order valence-electron chi connectivity index (χ3n) is 1.75. The van der Waals surface area contributed by atoms with Crippen LogP contribution in [0.4, 0.5) is 0 Å². The summed E-state index contributed by atoms with van der Waals surface area (Å²) in [4.78, 5) is 11.4. The van der Waals surface area contributed by atoms with Crippen LogP contribution in [0.5, 0.6) is 0 Å². The molecule has 0 saturated carbocycles. The van der Waals surface area contributed by atoms with Crippen molar-refractivity contribution >= 4 is 16.8 Å². The van der Waals surface area contributed by atoms with Gasteiger partial charge in [-0.15, -0.1) is 0 Å². The molecule has 1 aromatic rings. The van der Waals surface area contributed by atoms with Crippen molar-refractivity contribution in [2.45, 2.75) is 11.8 Å². The van der Waals surface area contributed by atoms with E-state index in [0.29, 0.717) is 4.90 Å². The molecule has 1 atom stereocenters. The third kappa shape index (κ3) is 3.67. The van der Waals surface area contributed by atoms with E-state index in [2.05, 4.69) is 4.74 Å². The van der Waals surface area contributed by atoms with Gasteiger partial charge in [-0.3, -0.25) is 0 Å². The number of hydrogen-bond donors (Lipinski definition) is 0. The van der Waals surface area contributed by atoms with Crippen molar-refractivity contribution in [1.29, 1.82) is 0 Å². The quantitative estimate of drug-likeness (QED) is 0.580. The Morgan fingerprint density at radius 1 is 1.47 bits per heavy atom. The molecule has 0 saturated heterocycles. The summed E-state index contributed by atoms with van der Waals surface area (Å²) in [6.45, 7) is 1.92. The molecule has 0 aromatic heterocycles. The van der Waals surface area contributed by atoms with Gasteiger partial charge in [0.05, 0.1) is 17.9 Å². The van der Waals surface area contributed by atoms with Crippen molar-refractivity contribution in [3.63, 3.8) is 0 Å². The lowest BCUT2D eigenvalue weighted by atomic mass is 10.2. The van der Waals surface area contributed by atoms with Crippen LogP contribution in [0.2, 0.25) is 0 Å². The largest absolute Gasteiger partial charge is 0.466 e. The number of rotatable bonds is 3. The van der Waals surface area contributed by atoms with Gasteiger partial charge in [0.1, 0.15) is 0 Å². The zero-order chi connectivity index (χ0) is 11.3. The molecule has 0 heterocycles. The van der Waals surface area contributed by atoms with Crippen molar-refractivity contribution in [1.82, 2.24) is 0 Å². The molecule has 0 aliphatic heterocycles. The maximum atomic E-state index is 11.6. The first-order valence-electron chi connectivity index (χ1n) is 4.37. The summed E-state index contributed by atoms with van der Waals surface area (Å²) in [5.74, 6) is -0.504. The Balaban J connectivity index is 2.78. The molecule has 0 N–H and O–H groups in total. The minimum atomic E-state index is -1.30. The highest BCUT2D eigenvalue weighted by Gasteiger charge is 2.00. The summed E-state index contributed by atoms with van der Waals surface area (Å²) in [6.07, 6.45) is 1.17. The summed E-state index contributed by atoms with van der Waals surface area (Å²) in [7, 11) is -0.0172. The van der Waals surface area contributed by atoms with E-state index >= 15 is 0 Å². The highest BCUT2D eigenvalue weighted by molar-refractivity contribution is 7.88. The van der Waals surface area contributed by atoms with E-state index in [4.69, 9.17) is 0 Å². The zero-order valence-corrected chi connectivity index (χ0v) is 9.41. The van der Waals surface area contributed by atoms with Crippen LogP contribution in [-0.2, 0) is 20.3 Å². The van der Waals surface area contributed by atoms with Crippen LogP contribution in [0.25, 0.3) is 0 Å². The minimum Gasteiger partial charge on any atom is -0.466 e. The zero-order valence-electron chi connectivity index (χ0n) is 8.60. The minimum absolute atomic E-state index is 0.504. The van der Waals surface area contributed by atoms with Crippen LogP contribution in [0.15, 0.2) is 40.6 Å². The van der Waals surface area contributed by atoms with Gasteiger partial charge in [0.2, 0.25) is 0 Å². The van der Waals surface area contributed by atoms with Crippen molar-refractivity contribution in [3.8, 4) is 0 Å². The smallest absolute Gasteiger partial charge is 0.331 e. The molecule has 0 bridgehead atoms. The van der Waals surface area contributed by atoms with E-state index in [1.807, 2.05) is 25.1 Å². The molecule has 0 amide bonds. The summed E-state index contributed by atoms with van der Waals surface area (Å²) in [6, 6.07) is 7.32. The van der Waals surface area contributed by atoms with Gasteiger partial charge < -0.3 is 4.74 Å². The predicted octanol–water partition coefficient (Wildman–Crippen LogP) is 1.79. The summed E-state index contributed by atoms with van der Waals surface area (Å²) in [5.41, 5.74) is 1.03. The Bertz CT molecular complexity index is 410. The topological polar surface area (TPSA) is 43.4 Å². The summed E-state index contributed by atoms with van der Waals surface area (Å²) < 4.78 is 16.0. The van der Waals surface area contributed by atoms with Crippen LogP contribution < -0.4 is 0 Å². The third-order valence-corrected chi connectivity index (χ3v) is 2.85. The molecule has 0 aliphatic rings. The van der Waals surface area contributed by atoms with Crippen LogP contribution in [0, 0.1) is 6.92 Å². The second-order valence-corrected chi connectivity index (χ2v) is 4.28. The fourth-order valence-electron chi connectivity index (χ4n) is 1.00. The summed E-state index contributed by atoms with van der Waals surface area (Å²) >= 11 is 0. The number of carbonyl (C=O) groups excluding carboxylic acids is 1. The second-order valence-electron chi connectivity index (χ2n) is 2.94. The average Bonchev–Trinajstić information content (AvgIpc) is 2.25. The highest BCUT2D eigenvalue weighted by Crippen LogP contribution is 2.09. The van der Waals surface area contributed by atoms with Gasteiger partial charge in [0.15, 0.2) is 0 Å². The van der Waals surface area contributed by atoms with Crippen LogP contribution in [-0.4, -0.2) is 17.3 Å². The molecule has 0 fully saturated rings. The van der Waals surface area contributed by atoms with E-state index in [9.17, 15) is 9.00 Å². The summed E-state index contributed by atoms with van der Waals surface area (Å²) in [5, 5.41) is 1.32. The Morgan fingerprint density at radius 3 is 2.80 bits per heavy atom.